The molecule has 3 rings (SSSR count). The summed E-state index contributed by atoms with van der Waals surface area (Å²) in [4.78, 5) is 36.6. The molecule has 0 amide bonds. The van der Waals surface area contributed by atoms with Crippen molar-refractivity contribution in [2.24, 2.45) is 0 Å². The van der Waals surface area contributed by atoms with Crippen molar-refractivity contribution < 1.29 is 19.1 Å². The zero-order chi connectivity index (χ0) is 19.9. The van der Waals surface area contributed by atoms with Crippen LogP contribution in [0, 0.1) is 0 Å². The quantitative estimate of drug-likeness (QED) is 0.651. The first-order valence-corrected chi connectivity index (χ1v) is 8.58. The number of carbonyl (C=O) groups excluding carboxylic acids is 2. The molecule has 0 aliphatic carbocycles. The van der Waals surface area contributed by atoms with E-state index in [1.807, 2.05) is 30.3 Å². The van der Waals surface area contributed by atoms with E-state index in [4.69, 9.17) is 9.47 Å². The lowest BCUT2D eigenvalue weighted by Crippen LogP contribution is -2.12. The monoisotopic (exact) mass is 378 g/mol. The number of nitrogens with zero attached hydrogens (tertiary/aromatic N) is 3. The van der Waals surface area contributed by atoms with Gasteiger partial charge in [0.05, 0.1) is 6.61 Å². The maximum atomic E-state index is 12.3. The molecule has 0 fully saturated rings. The van der Waals surface area contributed by atoms with Crippen molar-refractivity contribution in [1.29, 1.82) is 0 Å². The van der Waals surface area contributed by atoms with Crippen LogP contribution in [-0.2, 0) is 9.53 Å². The second-order valence-electron chi connectivity index (χ2n) is 5.61. The van der Waals surface area contributed by atoms with Gasteiger partial charge in [-0.1, -0.05) is 30.3 Å². The Bertz CT molecular complexity index is 993. The molecule has 142 valence electrons. The van der Waals surface area contributed by atoms with Gasteiger partial charge in [0.25, 0.3) is 0 Å². The molecule has 0 radical (unpaired) electrons. The smallest absolute Gasteiger partial charge is 0.343 e. The van der Waals surface area contributed by atoms with Gasteiger partial charge in [0.15, 0.2) is 17.4 Å². The molecule has 0 bridgehead atoms. The Balaban J connectivity index is 2.04. The van der Waals surface area contributed by atoms with Crippen molar-refractivity contribution in [2.75, 3.05) is 11.9 Å². The number of pyridine rings is 1. The fourth-order valence-corrected chi connectivity index (χ4v) is 2.40. The van der Waals surface area contributed by atoms with Gasteiger partial charge in [-0.2, -0.15) is 0 Å². The van der Waals surface area contributed by atoms with Gasteiger partial charge in [-0.05, 0) is 19.1 Å². The van der Waals surface area contributed by atoms with Crippen molar-refractivity contribution in [3.8, 4) is 17.1 Å². The Morgan fingerprint density at radius 2 is 1.82 bits per heavy atom. The minimum atomic E-state index is -0.574. The largest absolute Gasteiger partial charge is 0.462 e. The average molecular weight is 378 g/mol. The topological polar surface area (TPSA) is 103 Å². The van der Waals surface area contributed by atoms with Crippen LogP contribution in [0.3, 0.4) is 0 Å². The Morgan fingerprint density at radius 3 is 2.54 bits per heavy atom. The normalized spacial score (nSPS) is 10.2. The van der Waals surface area contributed by atoms with Crippen molar-refractivity contribution in [3.05, 3.63) is 60.4 Å². The maximum Gasteiger partial charge on any atom is 0.343 e. The molecule has 1 aromatic carbocycles. The molecule has 3 aromatic rings. The van der Waals surface area contributed by atoms with Gasteiger partial charge in [0, 0.05) is 24.9 Å². The van der Waals surface area contributed by atoms with Crippen LogP contribution in [0.2, 0.25) is 0 Å². The third-order valence-electron chi connectivity index (χ3n) is 3.58. The molecule has 8 nitrogen and oxygen atoms in total. The van der Waals surface area contributed by atoms with Crippen LogP contribution in [0.15, 0.2) is 54.9 Å². The minimum absolute atomic E-state index is 0.140. The lowest BCUT2D eigenvalue weighted by molar-refractivity contribution is -0.131. The van der Waals surface area contributed by atoms with E-state index >= 15 is 0 Å². The van der Waals surface area contributed by atoms with Gasteiger partial charge in [0.1, 0.15) is 11.4 Å². The second kappa shape index (κ2) is 8.72. The summed E-state index contributed by atoms with van der Waals surface area (Å²) in [5.41, 5.74) is 0.920. The average Bonchev–Trinajstić information content (AvgIpc) is 2.70. The predicted octanol–water partition coefficient (Wildman–Crippen LogP) is 3.38. The molecule has 0 saturated heterocycles. The van der Waals surface area contributed by atoms with Crippen molar-refractivity contribution >= 4 is 23.6 Å². The number of benzene rings is 1. The summed E-state index contributed by atoms with van der Waals surface area (Å²) in [6.45, 7) is 3.21. The number of hydrogen-bond donors (Lipinski definition) is 1. The molecule has 0 aliphatic heterocycles. The van der Waals surface area contributed by atoms with Gasteiger partial charge < -0.3 is 14.8 Å². The van der Waals surface area contributed by atoms with Crippen molar-refractivity contribution in [3.63, 3.8) is 0 Å². The van der Waals surface area contributed by atoms with Crippen LogP contribution < -0.4 is 10.1 Å². The van der Waals surface area contributed by atoms with Gasteiger partial charge in [-0.3, -0.25) is 4.79 Å². The number of carbonyl (C=O) groups is 2. The molecule has 0 aliphatic rings. The minimum Gasteiger partial charge on any atom is -0.462 e. The summed E-state index contributed by atoms with van der Waals surface area (Å²) in [6, 6.07) is 12.5. The number of anilines is 2. The van der Waals surface area contributed by atoms with Crippen LogP contribution in [-0.4, -0.2) is 33.5 Å². The number of rotatable bonds is 6. The predicted molar refractivity (Wildman–Crippen MR) is 102 cm³/mol. The first-order valence-electron chi connectivity index (χ1n) is 8.58. The van der Waals surface area contributed by atoms with E-state index in [1.165, 1.54) is 19.3 Å². The van der Waals surface area contributed by atoms with Gasteiger partial charge in [-0.15, -0.1) is 0 Å². The second-order valence-corrected chi connectivity index (χ2v) is 5.61. The number of esters is 2. The molecular formula is C20H18N4O4. The van der Waals surface area contributed by atoms with Gasteiger partial charge in [-0.25, -0.2) is 19.7 Å². The molecule has 1 N–H and O–H groups in total. The van der Waals surface area contributed by atoms with E-state index in [9.17, 15) is 9.59 Å². The molecule has 2 heterocycles. The van der Waals surface area contributed by atoms with Crippen LogP contribution >= 0.6 is 0 Å². The molecule has 0 unspecified atom stereocenters. The molecule has 28 heavy (non-hydrogen) atoms. The molecule has 8 heteroatoms. The molecule has 0 atom stereocenters. The SMILES string of the molecule is CCOC(=O)c1cnc(-c2ccccc2)nc1Nc1ncccc1OC(C)=O. The summed E-state index contributed by atoms with van der Waals surface area (Å²) in [6.07, 6.45) is 2.92. The lowest BCUT2D eigenvalue weighted by atomic mass is 10.2. The number of hydrogen-bond acceptors (Lipinski definition) is 8. The van der Waals surface area contributed by atoms with E-state index in [0.717, 1.165) is 5.56 Å². The summed E-state index contributed by atoms with van der Waals surface area (Å²) >= 11 is 0. The van der Waals surface area contributed by atoms with E-state index < -0.39 is 11.9 Å². The Hall–Kier alpha value is -3.81. The first kappa shape index (κ1) is 19.0. The van der Waals surface area contributed by atoms with Crippen LogP contribution in [0.4, 0.5) is 11.6 Å². The molecule has 0 saturated carbocycles. The third kappa shape index (κ3) is 4.47. The third-order valence-corrected chi connectivity index (χ3v) is 3.58. The fourth-order valence-electron chi connectivity index (χ4n) is 2.40. The number of ether oxygens (including phenoxy) is 2. The highest BCUT2D eigenvalue weighted by Gasteiger charge is 2.19. The van der Waals surface area contributed by atoms with Crippen LogP contribution in [0.25, 0.3) is 11.4 Å². The zero-order valence-corrected chi connectivity index (χ0v) is 15.4. The number of aromatic nitrogens is 3. The standard InChI is InChI=1S/C20H18N4O4/c1-3-27-20(26)15-12-22-17(14-8-5-4-6-9-14)23-18(15)24-19-16(28-13(2)25)10-7-11-21-19/h4-12H,3H2,1-2H3,(H,21,22,23,24). The Kier molecular flexibility index (Phi) is 5.91. The van der Waals surface area contributed by atoms with E-state index in [2.05, 4.69) is 20.3 Å². The number of nitrogens with one attached hydrogen (secondary N) is 1. The van der Waals surface area contributed by atoms with Crippen molar-refractivity contribution in [2.45, 2.75) is 13.8 Å². The Labute approximate surface area is 161 Å². The van der Waals surface area contributed by atoms with E-state index in [1.54, 1.807) is 19.1 Å². The summed E-state index contributed by atoms with van der Waals surface area (Å²) in [5.74, 6) is -0.00456. The summed E-state index contributed by atoms with van der Waals surface area (Å²) < 4.78 is 10.2. The fraction of sp³-hybridized carbons (Fsp3) is 0.150. The Morgan fingerprint density at radius 1 is 1.04 bits per heavy atom. The maximum absolute atomic E-state index is 12.3. The summed E-state index contributed by atoms with van der Waals surface area (Å²) in [7, 11) is 0. The molecular weight excluding hydrogens is 360 g/mol. The van der Waals surface area contributed by atoms with Gasteiger partial charge >= 0.3 is 11.9 Å². The highest BCUT2D eigenvalue weighted by Crippen LogP contribution is 2.27. The van der Waals surface area contributed by atoms with E-state index in [-0.39, 0.29) is 29.6 Å². The van der Waals surface area contributed by atoms with Gasteiger partial charge in [0.2, 0.25) is 0 Å². The highest BCUT2D eigenvalue weighted by atomic mass is 16.5. The highest BCUT2D eigenvalue weighted by molar-refractivity contribution is 5.95. The lowest BCUT2D eigenvalue weighted by Gasteiger charge is -2.13. The summed E-state index contributed by atoms with van der Waals surface area (Å²) in [5, 5.41) is 2.96. The molecule has 2 aromatic heterocycles. The first-order chi connectivity index (χ1) is 13.6. The van der Waals surface area contributed by atoms with Crippen LogP contribution in [0.5, 0.6) is 5.75 Å². The zero-order valence-electron chi connectivity index (χ0n) is 15.4. The van der Waals surface area contributed by atoms with E-state index in [0.29, 0.717) is 5.82 Å². The van der Waals surface area contributed by atoms with Crippen molar-refractivity contribution in [1.82, 2.24) is 15.0 Å². The molecule has 0 spiro atoms. The van der Waals surface area contributed by atoms with Crippen LogP contribution in [0.1, 0.15) is 24.2 Å².